The number of aliphatic hydroxyl groups excluding tert-OH is 1. The van der Waals surface area contributed by atoms with Gasteiger partial charge < -0.3 is 30.0 Å². The first-order valence-electron chi connectivity index (χ1n) is 13.2. The van der Waals surface area contributed by atoms with Gasteiger partial charge in [-0.1, -0.05) is 29.3 Å². The molecule has 3 aromatic rings. The zero-order valence-electron chi connectivity index (χ0n) is 23.1. The molecule has 3 heterocycles. The van der Waals surface area contributed by atoms with Crippen molar-refractivity contribution in [3.8, 4) is 0 Å². The molecular formula is C28H32Cl2N8O3. The predicted molar refractivity (Wildman–Crippen MR) is 162 cm³/mol. The number of nitrogens with zero attached hydrogens (tertiary/aromatic N) is 7. The number of aliphatic hydroxyl groups is 1. The van der Waals surface area contributed by atoms with Crippen molar-refractivity contribution < 1.29 is 14.7 Å². The molecule has 0 unspecified atom stereocenters. The molecule has 0 saturated carbocycles. The maximum Gasteiger partial charge on any atom is 0.265 e. The number of nitrogens with one attached hydrogen (secondary N) is 1. The molecule has 2 aliphatic heterocycles. The van der Waals surface area contributed by atoms with E-state index in [2.05, 4.69) is 20.2 Å². The van der Waals surface area contributed by atoms with Gasteiger partial charge in [0.2, 0.25) is 11.9 Å². The summed E-state index contributed by atoms with van der Waals surface area (Å²) in [5, 5.41) is 14.1. The average Bonchev–Trinajstić information content (AvgIpc) is 2.95. The van der Waals surface area contributed by atoms with Gasteiger partial charge in [0.05, 0.1) is 35.6 Å². The van der Waals surface area contributed by atoms with Gasteiger partial charge in [-0.05, 0) is 44.4 Å². The van der Waals surface area contributed by atoms with E-state index < -0.39 is 0 Å². The van der Waals surface area contributed by atoms with Crippen LogP contribution in [0.1, 0.15) is 15.9 Å². The SMILES string of the molecule is CN(C)CC(=O)N1CCN(c2ccc(Nc3ncc4c(n3)N(C)CN(c3c(Cl)cccc3Cl)C4=O)cc2CO)CC1. The van der Waals surface area contributed by atoms with Crippen molar-refractivity contribution in [1.82, 2.24) is 19.8 Å². The van der Waals surface area contributed by atoms with E-state index >= 15 is 0 Å². The number of hydrogen-bond acceptors (Lipinski definition) is 9. The van der Waals surface area contributed by atoms with Gasteiger partial charge in [-0.25, -0.2) is 4.98 Å². The van der Waals surface area contributed by atoms with E-state index in [4.69, 9.17) is 23.2 Å². The molecule has 2 N–H and O–H groups in total. The summed E-state index contributed by atoms with van der Waals surface area (Å²) in [6, 6.07) is 10.8. The summed E-state index contributed by atoms with van der Waals surface area (Å²) in [5.41, 5.74) is 3.15. The molecule has 0 atom stereocenters. The molecule has 13 heteroatoms. The molecule has 2 aliphatic rings. The van der Waals surface area contributed by atoms with Crippen molar-refractivity contribution >= 4 is 63.8 Å². The summed E-state index contributed by atoms with van der Waals surface area (Å²) in [7, 11) is 5.60. The molecule has 0 radical (unpaired) electrons. The fourth-order valence-corrected chi connectivity index (χ4v) is 5.68. The first-order chi connectivity index (χ1) is 19.7. The van der Waals surface area contributed by atoms with Gasteiger partial charge in [0.1, 0.15) is 11.4 Å². The van der Waals surface area contributed by atoms with Crippen LogP contribution in [0.2, 0.25) is 10.0 Å². The lowest BCUT2D eigenvalue weighted by molar-refractivity contribution is -0.132. The van der Waals surface area contributed by atoms with Crippen LogP contribution in [0.4, 0.5) is 28.8 Å². The van der Waals surface area contributed by atoms with E-state index in [-0.39, 0.29) is 25.1 Å². The number of rotatable bonds is 7. The third-order valence-electron chi connectivity index (χ3n) is 7.10. The van der Waals surface area contributed by atoms with Crippen LogP contribution in [0.15, 0.2) is 42.6 Å². The Kier molecular flexibility index (Phi) is 8.50. The maximum absolute atomic E-state index is 13.3. The highest BCUT2D eigenvalue weighted by molar-refractivity contribution is 6.40. The second-order valence-corrected chi connectivity index (χ2v) is 11.1. The number of carbonyl (C=O) groups is 2. The first-order valence-corrected chi connectivity index (χ1v) is 13.9. The highest BCUT2D eigenvalue weighted by Gasteiger charge is 2.33. The van der Waals surface area contributed by atoms with Crippen molar-refractivity contribution in [3.63, 3.8) is 0 Å². The third kappa shape index (κ3) is 6.03. The van der Waals surface area contributed by atoms with Crippen LogP contribution in [-0.2, 0) is 11.4 Å². The molecule has 41 heavy (non-hydrogen) atoms. The van der Waals surface area contributed by atoms with Gasteiger partial charge >= 0.3 is 0 Å². The number of carbonyl (C=O) groups excluding carboxylic acids is 2. The van der Waals surface area contributed by atoms with E-state index in [1.54, 1.807) is 18.2 Å². The Bertz CT molecular complexity index is 1440. The molecule has 1 saturated heterocycles. The molecule has 216 valence electrons. The minimum atomic E-state index is -0.296. The maximum atomic E-state index is 13.3. The monoisotopic (exact) mass is 598 g/mol. The van der Waals surface area contributed by atoms with E-state index in [1.807, 2.05) is 54.0 Å². The quantitative estimate of drug-likeness (QED) is 0.423. The summed E-state index contributed by atoms with van der Waals surface area (Å²) >= 11 is 12.7. The number of anilines is 5. The van der Waals surface area contributed by atoms with E-state index in [0.717, 1.165) is 11.3 Å². The summed E-state index contributed by atoms with van der Waals surface area (Å²) in [6.45, 7) is 3.09. The van der Waals surface area contributed by atoms with Gasteiger partial charge in [0.15, 0.2) is 0 Å². The van der Waals surface area contributed by atoms with Crippen molar-refractivity contribution in [2.75, 3.05) is 80.6 Å². The molecular weight excluding hydrogens is 567 g/mol. The normalized spacial score (nSPS) is 15.4. The van der Waals surface area contributed by atoms with Gasteiger partial charge in [-0.15, -0.1) is 0 Å². The fraction of sp³-hybridized carbons (Fsp3) is 0.357. The summed E-state index contributed by atoms with van der Waals surface area (Å²) < 4.78 is 0. The van der Waals surface area contributed by atoms with Crippen molar-refractivity contribution in [1.29, 1.82) is 0 Å². The summed E-state index contributed by atoms with van der Waals surface area (Å²) in [5.74, 6) is 0.620. The minimum absolute atomic E-state index is 0.120. The predicted octanol–water partition coefficient (Wildman–Crippen LogP) is 3.28. The van der Waals surface area contributed by atoms with Crippen LogP contribution in [-0.4, -0.2) is 97.2 Å². The standard InChI is InChI=1S/C28H32Cl2N8O3/c1-34(2)15-24(40)37-11-9-36(10-12-37)23-8-7-19(13-18(23)16-39)32-28-31-14-20-26(33-28)35(3)17-38(27(20)41)25-21(29)5-4-6-22(25)30/h4-8,13-14,39H,9-12,15-17H2,1-3H3,(H,31,32,33). The molecule has 0 spiro atoms. The third-order valence-corrected chi connectivity index (χ3v) is 7.71. The molecule has 2 aromatic carbocycles. The lowest BCUT2D eigenvalue weighted by atomic mass is 10.1. The number of piperazine rings is 1. The topological polar surface area (TPSA) is 108 Å². The largest absolute Gasteiger partial charge is 0.392 e. The van der Waals surface area contributed by atoms with Crippen molar-refractivity contribution in [3.05, 3.63) is 63.8 Å². The van der Waals surface area contributed by atoms with E-state index in [9.17, 15) is 14.7 Å². The van der Waals surface area contributed by atoms with Crippen LogP contribution in [0.25, 0.3) is 0 Å². The van der Waals surface area contributed by atoms with Crippen molar-refractivity contribution in [2.45, 2.75) is 6.61 Å². The van der Waals surface area contributed by atoms with Crippen molar-refractivity contribution in [2.24, 2.45) is 0 Å². The Morgan fingerprint density at radius 1 is 1.10 bits per heavy atom. The van der Waals surface area contributed by atoms with E-state index in [1.165, 1.54) is 11.1 Å². The van der Waals surface area contributed by atoms with Gasteiger partial charge in [-0.3, -0.25) is 14.5 Å². The Balaban J connectivity index is 1.30. The number of likely N-dealkylation sites (N-methyl/N-ethyl adjacent to an activating group) is 1. The fourth-order valence-electron chi connectivity index (χ4n) is 5.08. The van der Waals surface area contributed by atoms with Crippen LogP contribution < -0.4 is 20.0 Å². The molecule has 1 aromatic heterocycles. The Morgan fingerprint density at radius 2 is 1.80 bits per heavy atom. The number of benzene rings is 2. The molecule has 11 nitrogen and oxygen atoms in total. The van der Waals surface area contributed by atoms with Gasteiger partial charge in [-0.2, -0.15) is 4.98 Å². The molecule has 5 rings (SSSR count). The molecule has 0 aliphatic carbocycles. The Hall–Kier alpha value is -3.64. The van der Waals surface area contributed by atoms with Crippen LogP contribution in [0, 0.1) is 0 Å². The summed E-state index contributed by atoms with van der Waals surface area (Å²) in [4.78, 5) is 44.0. The smallest absolute Gasteiger partial charge is 0.265 e. The second kappa shape index (κ2) is 12.1. The zero-order chi connectivity index (χ0) is 29.3. The van der Waals surface area contributed by atoms with Gasteiger partial charge in [0, 0.05) is 56.4 Å². The Morgan fingerprint density at radius 3 is 2.46 bits per heavy atom. The number of para-hydroxylation sites is 1. The first kappa shape index (κ1) is 28.9. The molecule has 0 bridgehead atoms. The van der Waals surface area contributed by atoms with Crippen LogP contribution >= 0.6 is 23.2 Å². The Labute approximate surface area is 248 Å². The zero-order valence-corrected chi connectivity index (χ0v) is 24.7. The summed E-state index contributed by atoms with van der Waals surface area (Å²) in [6.07, 6.45) is 1.48. The highest BCUT2D eigenvalue weighted by Crippen LogP contribution is 2.37. The number of hydrogen-bond donors (Lipinski definition) is 2. The number of aromatic nitrogens is 2. The molecule has 2 amide bonds. The second-order valence-electron chi connectivity index (χ2n) is 10.3. The van der Waals surface area contributed by atoms with Gasteiger partial charge in [0.25, 0.3) is 5.91 Å². The highest BCUT2D eigenvalue weighted by atomic mass is 35.5. The lowest BCUT2D eigenvalue weighted by Gasteiger charge is -2.37. The van der Waals surface area contributed by atoms with Crippen LogP contribution in [0.3, 0.4) is 0 Å². The van der Waals surface area contributed by atoms with Crippen LogP contribution in [0.5, 0.6) is 0 Å². The number of halogens is 2. The number of amides is 2. The minimum Gasteiger partial charge on any atom is -0.392 e. The average molecular weight is 600 g/mol. The lowest BCUT2D eigenvalue weighted by Crippen LogP contribution is -2.51. The van der Waals surface area contributed by atoms with E-state index in [0.29, 0.717) is 71.5 Å². The number of fused-ring (bicyclic) bond motifs is 1. The molecule has 1 fully saturated rings.